The first-order valence-corrected chi connectivity index (χ1v) is 13.8. The molecule has 1 saturated heterocycles. The number of halogens is 3. The van der Waals surface area contributed by atoms with Crippen LogP contribution in [-0.4, -0.2) is 23.0 Å². The van der Waals surface area contributed by atoms with Gasteiger partial charge in [-0.05, 0) is 111 Å². The number of hydrogen-bond donors (Lipinski definition) is 0. The minimum atomic E-state index is -0.219. The number of rotatable bonds is 5. The van der Waals surface area contributed by atoms with Crippen molar-refractivity contribution in [2.45, 2.75) is 13.0 Å². The van der Waals surface area contributed by atoms with Crippen LogP contribution in [-0.2, 0) is 16.2 Å². The predicted molar refractivity (Wildman–Crippen MR) is 144 cm³/mol. The van der Waals surface area contributed by atoms with Gasteiger partial charge in [0.05, 0.1) is 25.2 Å². The molecule has 0 spiro atoms. The van der Waals surface area contributed by atoms with Crippen molar-refractivity contribution >= 4 is 79.1 Å². The summed E-state index contributed by atoms with van der Waals surface area (Å²) in [4.78, 5) is 26.2. The van der Waals surface area contributed by atoms with Crippen molar-refractivity contribution in [1.29, 1.82) is 0 Å². The van der Waals surface area contributed by atoms with E-state index in [-0.39, 0.29) is 35.5 Å². The van der Waals surface area contributed by atoms with E-state index in [1.165, 1.54) is 0 Å². The Morgan fingerprint density at radius 3 is 2.15 bits per heavy atom. The maximum Gasteiger partial charge on any atom is 0.254 e. The van der Waals surface area contributed by atoms with Crippen molar-refractivity contribution < 1.29 is 14.3 Å². The molecule has 8 heteroatoms. The van der Waals surface area contributed by atoms with Gasteiger partial charge in [0.2, 0.25) is 0 Å². The van der Waals surface area contributed by atoms with E-state index in [0.717, 1.165) is 39.9 Å². The molecule has 2 saturated carbocycles. The maximum atomic E-state index is 13.1. The summed E-state index contributed by atoms with van der Waals surface area (Å²) < 4.78 is 9.01. The number of nitrogens with zero attached hydrogens (tertiary/aromatic N) is 2. The number of allylic oxidation sites excluding steroid dienone is 2. The second kappa shape index (κ2) is 8.44. The number of carbonyl (C=O) groups is 2. The van der Waals surface area contributed by atoms with E-state index >= 15 is 0 Å². The van der Waals surface area contributed by atoms with E-state index in [1.54, 1.807) is 6.21 Å². The van der Waals surface area contributed by atoms with Crippen LogP contribution in [0.5, 0.6) is 5.75 Å². The van der Waals surface area contributed by atoms with Crippen LogP contribution in [0.25, 0.3) is 0 Å². The number of hydrogen-bond acceptors (Lipinski definition) is 4. The molecule has 0 aromatic heterocycles. The lowest BCUT2D eigenvalue weighted by atomic mass is 9.63. The SMILES string of the molecule is O=C1[C@@H]2[C@@H]3C=C[C@H]([C@@H]4C[C@H]34)[C@H]2C(=O)N1/N=C\c1cc(I)c(OCc2ccc(Br)cc2)c(I)c1. The second-order valence-electron chi connectivity index (χ2n) is 9.12. The Balaban J connectivity index is 1.18. The normalized spacial score (nSPS) is 31.3. The topological polar surface area (TPSA) is 59.0 Å². The van der Waals surface area contributed by atoms with E-state index in [1.807, 2.05) is 36.4 Å². The Morgan fingerprint density at radius 2 is 1.58 bits per heavy atom. The minimum absolute atomic E-state index is 0.134. The molecule has 2 bridgehead atoms. The molecule has 0 radical (unpaired) electrons. The third kappa shape index (κ3) is 3.80. The van der Waals surface area contributed by atoms with Gasteiger partial charge in [0.25, 0.3) is 11.8 Å². The molecule has 0 unspecified atom stereocenters. The van der Waals surface area contributed by atoms with Crippen LogP contribution in [0.3, 0.4) is 0 Å². The molecule has 1 aliphatic heterocycles. The summed E-state index contributed by atoms with van der Waals surface area (Å²) in [6, 6.07) is 12.0. The molecule has 6 atom stereocenters. The van der Waals surface area contributed by atoms with Crippen LogP contribution in [0.1, 0.15) is 17.5 Å². The maximum absolute atomic E-state index is 13.1. The van der Waals surface area contributed by atoms with Crippen molar-refractivity contribution in [3.05, 3.63) is 71.3 Å². The zero-order chi connectivity index (χ0) is 22.9. The van der Waals surface area contributed by atoms with Gasteiger partial charge in [-0.25, -0.2) is 0 Å². The summed E-state index contributed by atoms with van der Waals surface area (Å²) in [7, 11) is 0. The molecule has 7 rings (SSSR count). The van der Waals surface area contributed by atoms with Gasteiger partial charge < -0.3 is 4.74 Å². The molecule has 3 fully saturated rings. The summed E-state index contributed by atoms with van der Waals surface area (Å²) in [5.74, 6) is 1.72. The number of hydrazone groups is 1. The molecule has 2 amide bonds. The molecule has 168 valence electrons. The van der Waals surface area contributed by atoms with Gasteiger partial charge in [-0.15, -0.1) is 0 Å². The average Bonchev–Trinajstić information content (AvgIpc) is 3.57. The summed E-state index contributed by atoms with van der Waals surface area (Å²) in [6.07, 6.45) is 7.13. The van der Waals surface area contributed by atoms with E-state index in [0.29, 0.717) is 18.4 Å². The number of imide groups is 1. The molecule has 1 heterocycles. The smallest absolute Gasteiger partial charge is 0.254 e. The highest BCUT2D eigenvalue weighted by molar-refractivity contribution is 14.1. The molecule has 33 heavy (non-hydrogen) atoms. The number of ether oxygens (including phenoxy) is 1. The first-order chi connectivity index (χ1) is 15.9. The molecule has 5 aliphatic rings. The standard InChI is InChI=1S/C25H19BrI2N2O3/c26-14-3-1-12(2-4-14)11-33-23-19(27)7-13(8-20(23)28)10-29-30-24(31)21-15-5-6-16(18-9-17(15)18)22(21)25(30)32/h1-8,10,15-18,21-22H,9,11H2/b29-10-/t15-,16-,17-,18+,21-,22-/m1/s1. The molecule has 2 aromatic rings. The van der Waals surface area contributed by atoms with Crippen LogP contribution in [0, 0.1) is 42.6 Å². The van der Waals surface area contributed by atoms with Gasteiger partial charge >= 0.3 is 0 Å². The zero-order valence-corrected chi connectivity index (χ0v) is 23.2. The van der Waals surface area contributed by atoms with Crippen molar-refractivity contribution in [3.8, 4) is 5.75 Å². The van der Waals surface area contributed by atoms with Crippen LogP contribution in [0.2, 0.25) is 0 Å². The lowest BCUT2D eigenvalue weighted by Crippen LogP contribution is -2.40. The highest BCUT2D eigenvalue weighted by atomic mass is 127. The lowest BCUT2D eigenvalue weighted by Gasteiger charge is -2.37. The Morgan fingerprint density at radius 1 is 1.00 bits per heavy atom. The Labute approximate surface area is 227 Å². The monoisotopic (exact) mass is 728 g/mol. The molecule has 4 aliphatic carbocycles. The fourth-order valence-corrected chi connectivity index (χ4v) is 8.10. The fraction of sp³-hybridized carbons (Fsp3) is 0.320. The summed E-state index contributed by atoms with van der Waals surface area (Å²) in [6.45, 7) is 0.477. The van der Waals surface area contributed by atoms with Gasteiger partial charge in [0.1, 0.15) is 12.4 Å². The number of carbonyl (C=O) groups excluding carboxylic acids is 2. The summed E-state index contributed by atoms with van der Waals surface area (Å²) in [5, 5.41) is 5.49. The van der Waals surface area contributed by atoms with Crippen LogP contribution < -0.4 is 4.74 Å². The Kier molecular flexibility index (Phi) is 5.68. The first-order valence-electron chi connectivity index (χ1n) is 10.9. The molecular formula is C25H19BrI2N2O3. The number of benzene rings is 2. The van der Waals surface area contributed by atoms with Crippen molar-refractivity contribution in [1.82, 2.24) is 5.01 Å². The number of amides is 2. The summed E-state index contributed by atoms with van der Waals surface area (Å²) >= 11 is 7.94. The largest absolute Gasteiger partial charge is 0.487 e. The van der Waals surface area contributed by atoms with Crippen molar-refractivity contribution in [2.24, 2.45) is 40.6 Å². The lowest BCUT2D eigenvalue weighted by molar-refractivity contribution is -0.140. The molecular weight excluding hydrogens is 710 g/mol. The summed E-state index contributed by atoms with van der Waals surface area (Å²) in [5.41, 5.74) is 1.92. The quantitative estimate of drug-likeness (QED) is 0.174. The van der Waals surface area contributed by atoms with Gasteiger partial charge in [-0.2, -0.15) is 10.1 Å². The zero-order valence-electron chi connectivity index (χ0n) is 17.3. The average molecular weight is 729 g/mol. The first kappa shape index (κ1) is 22.2. The fourth-order valence-electron chi connectivity index (χ4n) is 5.71. The third-order valence-corrected chi connectivity index (χ3v) is 9.41. The van der Waals surface area contributed by atoms with Crippen LogP contribution in [0.4, 0.5) is 0 Å². The highest BCUT2D eigenvalue weighted by Gasteiger charge is 2.67. The Hall–Kier alpha value is -1.27. The second-order valence-corrected chi connectivity index (χ2v) is 12.4. The third-order valence-electron chi connectivity index (χ3n) is 7.28. The van der Waals surface area contributed by atoms with Crippen molar-refractivity contribution in [3.63, 3.8) is 0 Å². The van der Waals surface area contributed by atoms with Crippen LogP contribution in [0.15, 0.2) is 58.1 Å². The van der Waals surface area contributed by atoms with Gasteiger partial charge in [-0.1, -0.05) is 40.2 Å². The van der Waals surface area contributed by atoms with E-state index in [2.05, 4.69) is 78.4 Å². The van der Waals surface area contributed by atoms with E-state index in [4.69, 9.17) is 4.74 Å². The van der Waals surface area contributed by atoms with Gasteiger partial charge in [0.15, 0.2) is 0 Å². The van der Waals surface area contributed by atoms with Crippen molar-refractivity contribution in [2.75, 3.05) is 0 Å². The molecule has 5 nitrogen and oxygen atoms in total. The van der Waals surface area contributed by atoms with E-state index < -0.39 is 0 Å². The molecule has 2 aromatic carbocycles. The van der Waals surface area contributed by atoms with Gasteiger partial charge in [0, 0.05) is 4.47 Å². The van der Waals surface area contributed by atoms with E-state index in [9.17, 15) is 9.59 Å². The Bertz CT molecular complexity index is 1170. The van der Waals surface area contributed by atoms with Gasteiger partial charge in [-0.3, -0.25) is 9.59 Å². The highest BCUT2D eigenvalue weighted by Crippen LogP contribution is 2.65. The molecule has 0 N–H and O–H groups in total. The minimum Gasteiger partial charge on any atom is -0.487 e. The van der Waals surface area contributed by atoms with Crippen LogP contribution >= 0.6 is 61.1 Å². The predicted octanol–water partition coefficient (Wildman–Crippen LogP) is 5.62.